The molecule has 0 aliphatic carbocycles. The van der Waals surface area contributed by atoms with Crippen LogP contribution in [0.5, 0.6) is 0 Å². The SMILES string of the molecule is Cc1ccc(-c2nc3c(nc2-c2ccc(C)cc2)N(CCCCC(O)CC(=O)O)CCC3)cc1. The minimum atomic E-state index is -0.958. The Balaban J connectivity index is 1.61. The smallest absolute Gasteiger partial charge is 0.305 e. The number of carbonyl (C=O) groups is 1. The van der Waals surface area contributed by atoms with Crippen molar-refractivity contribution in [3.63, 3.8) is 0 Å². The van der Waals surface area contributed by atoms with Gasteiger partial charge in [-0.1, -0.05) is 59.7 Å². The first-order valence-corrected chi connectivity index (χ1v) is 12.1. The summed E-state index contributed by atoms with van der Waals surface area (Å²) in [6.45, 7) is 5.91. The molecule has 1 aromatic heterocycles. The van der Waals surface area contributed by atoms with Crippen LogP contribution in [-0.4, -0.2) is 45.3 Å². The van der Waals surface area contributed by atoms with Crippen LogP contribution in [0.25, 0.3) is 22.5 Å². The van der Waals surface area contributed by atoms with Crippen LogP contribution in [-0.2, 0) is 11.2 Å². The van der Waals surface area contributed by atoms with Gasteiger partial charge in [-0.3, -0.25) is 4.79 Å². The van der Waals surface area contributed by atoms with Crippen molar-refractivity contribution in [2.45, 2.75) is 58.5 Å². The lowest BCUT2D eigenvalue weighted by molar-refractivity contribution is -0.139. The number of anilines is 1. The number of benzene rings is 2. The second-order valence-corrected chi connectivity index (χ2v) is 9.26. The topological polar surface area (TPSA) is 86.5 Å². The highest BCUT2D eigenvalue weighted by Crippen LogP contribution is 2.35. The molecule has 1 atom stereocenters. The van der Waals surface area contributed by atoms with Crippen LogP contribution in [0, 0.1) is 13.8 Å². The van der Waals surface area contributed by atoms with Crippen LogP contribution >= 0.6 is 0 Å². The lowest BCUT2D eigenvalue weighted by Gasteiger charge is -2.30. The maximum Gasteiger partial charge on any atom is 0.305 e. The predicted octanol–water partition coefficient (Wildman–Crippen LogP) is 5.19. The van der Waals surface area contributed by atoms with E-state index in [1.165, 1.54) is 11.1 Å². The Bertz CT molecular complexity index is 1130. The third-order valence-electron chi connectivity index (χ3n) is 6.36. The van der Waals surface area contributed by atoms with E-state index < -0.39 is 12.1 Å². The normalized spacial score (nSPS) is 14.0. The van der Waals surface area contributed by atoms with Crippen LogP contribution in [0.3, 0.4) is 0 Å². The van der Waals surface area contributed by atoms with E-state index in [2.05, 4.69) is 67.3 Å². The average Bonchev–Trinajstić information content (AvgIpc) is 2.82. The van der Waals surface area contributed by atoms with Gasteiger partial charge in [-0.25, -0.2) is 9.97 Å². The van der Waals surface area contributed by atoms with Crippen LogP contribution in [0.4, 0.5) is 5.82 Å². The minimum absolute atomic E-state index is 0.195. The summed E-state index contributed by atoms with van der Waals surface area (Å²) in [5.74, 6) is -0.00970. The highest BCUT2D eigenvalue weighted by atomic mass is 16.4. The van der Waals surface area contributed by atoms with E-state index in [4.69, 9.17) is 15.1 Å². The maximum atomic E-state index is 10.8. The molecule has 0 spiro atoms. The van der Waals surface area contributed by atoms with Gasteiger partial charge in [0.25, 0.3) is 0 Å². The molecule has 0 fully saturated rings. The highest BCUT2D eigenvalue weighted by molar-refractivity contribution is 5.79. The molecule has 2 N–H and O–H groups in total. The molecule has 1 aliphatic rings. The van der Waals surface area contributed by atoms with Crippen molar-refractivity contribution in [3.8, 4) is 22.5 Å². The Morgan fingerprint density at radius 2 is 1.53 bits per heavy atom. The number of hydrogen-bond acceptors (Lipinski definition) is 5. The summed E-state index contributed by atoms with van der Waals surface area (Å²) in [4.78, 5) is 23.4. The lowest BCUT2D eigenvalue weighted by Crippen LogP contribution is -2.32. The number of nitrogens with zero attached hydrogens (tertiary/aromatic N) is 3. The number of aromatic nitrogens is 2. The van der Waals surface area contributed by atoms with Crippen molar-refractivity contribution < 1.29 is 15.0 Å². The number of unbranched alkanes of at least 4 members (excludes halogenated alkanes) is 1. The molecule has 6 heteroatoms. The molecular weight excluding hydrogens is 426 g/mol. The van der Waals surface area contributed by atoms with Gasteiger partial charge in [0, 0.05) is 24.2 Å². The number of aliphatic carboxylic acids is 1. The number of aryl methyl sites for hydroxylation is 3. The number of aliphatic hydroxyl groups is 1. The zero-order valence-corrected chi connectivity index (χ0v) is 20.0. The monoisotopic (exact) mass is 459 g/mol. The van der Waals surface area contributed by atoms with Gasteiger partial charge in [-0.05, 0) is 46.0 Å². The maximum absolute atomic E-state index is 10.8. The summed E-state index contributed by atoms with van der Waals surface area (Å²) in [5.41, 5.74) is 7.39. The third-order valence-corrected chi connectivity index (χ3v) is 6.36. The fourth-order valence-electron chi connectivity index (χ4n) is 4.45. The van der Waals surface area contributed by atoms with Crippen molar-refractivity contribution in [1.82, 2.24) is 9.97 Å². The Hall–Kier alpha value is -3.25. The van der Waals surface area contributed by atoms with E-state index in [0.29, 0.717) is 6.42 Å². The van der Waals surface area contributed by atoms with Crippen LogP contribution in [0.2, 0.25) is 0 Å². The standard InChI is InChI=1S/C28H33N3O3/c1-19-8-12-21(13-9-19)26-27(22-14-10-20(2)11-15-22)30-28-24(29-26)7-5-17-31(28)16-4-3-6-23(32)18-25(33)34/h8-15,23,32H,3-7,16-18H2,1-2H3,(H,33,34). The number of aliphatic hydroxyl groups excluding tert-OH is 1. The van der Waals surface area contributed by atoms with E-state index in [0.717, 1.165) is 72.8 Å². The molecule has 0 saturated carbocycles. The van der Waals surface area contributed by atoms with Gasteiger partial charge in [0.15, 0.2) is 5.82 Å². The van der Waals surface area contributed by atoms with Gasteiger partial charge in [-0.15, -0.1) is 0 Å². The van der Waals surface area contributed by atoms with Crippen molar-refractivity contribution in [3.05, 3.63) is 65.4 Å². The molecule has 0 bridgehead atoms. The number of carboxylic acid groups (broad SMARTS) is 1. The minimum Gasteiger partial charge on any atom is -0.481 e. The highest BCUT2D eigenvalue weighted by Gasteiger charge is 2.23. The molecular formula is C28H33N3O3. The zero-order chi connectivity index (χ0) is 24.1. The summed E-state index contributed by atoms with van der Waals surface area (Å²) in [7, 11) is 0. The number of rotatable bonds is 9. The van der Waals surface area contributed by atoms with Crippen LogP contribution < -0.4 is 4.90 Å². The average molecular weight is 460 g/mol. The fraction of sp³-hybridized carbons (Fsp3) is 0.393. The van der Waals surface area contributed by atoms with E-state index in [1.807, 2.05) is 0 Å². The molecule has 0 radical (unpaired) electrons. The Morgan fingerprint density at radius 1 is 0.941 bits per heavy atom. The third kappa shape index (κ3) is 5.81. The van der Waals surface area contributed by atoms with E-state index >= 15 is 0 Å². The van der Waals surface area contributed by atoms with E-state index in [1.54, 1.807) is 0 Å². The molecule has 3 aromatic rings. The molecule has 6 nitrogen and oxygen atoms in total. The lowest BCUT2D eigenvalue weighted by atomic mass is 10.0. The number of hydrogen-bond donors (Lipinski definition) is 2. The second-order valence-electron chi connectivity index (χ2n) is 9.26. The Labute approximate surface area is 201 Å². The van der Waals surface area contributed by atoms with E-state index in [9.17, 15) is 9.90 Å². The van der Waals surface area contributed by atoms with Gasteiger partial charge in [0.1, 0.15) is 0 Å². The second kappa shape index (κ2) is 10.8. The Kier molecular flexibility index (Phi) is 7.58. The van der Waals surface area contributed by atoms with Gasteiger partial charge < -0.3 is 15.1 Å². The molecule has 4 rings (SSSR count). The quantitative estimate of drug-likeness (QED) is 0.429. The van der Waals surface area contributed by atoms with Gasteiger partial charge in [-0.2, -0.15) is 0 Å². The van der Waals surface area contributed by atoms with Crippen molar-refractivity contribution in [2.75, 3.05) is 18.0 Å². The number of carboxylic acids is 1. The van der Waals surface area contributed by atoms with E-state index in [-0.39, 0.29) is 6.42 Å². The number of fused-ring (bicyclic) bond motifs is 1. The molecule has 2 heterocycles. The van der Waals surface area contributed by atoms with Crippen LogP contribution in [0.1, 0.15) is 48.9 Å². The fourth-order valence-corrected chi connectivity index (χ4v) is 4.45. The predicted molar refractivity (Wildman–Crippen MR) is 135 cm³/mol. The van der Waals surface area contributed by atoms with Gasteiger partial charge >= 0.3 is 5.97 Å². The summed E-state index contributed by atoms with van der Waals surface area (Å²) < 4.78 is 0. The molecule has 0 saturated heterocycles. The first kappa shape index (κ1) is 23.9. The summed E-state index contributed by atoms with van der Waals surface area (Å²) in [6.07, 6.45) is 3.11. The largest absolute Gasteiger partial charge is 0.481 e. The van der Waals surface area contributed by atoms with Crippen molar-refractivity contribution in [2.24, 2.45) is 0 Å². The molecule has 1 aliphatic heterocycles. The first-order valence-electron chi connectivity index (χ1n) is 12.1. The van der Waals surface area contributed by atoms with Crippen molar-refractivity contribution in [1.29, 1.82) is 0 Å². The summed E-state index contributed by atoms with van der Waals surface area (Å²) in [5, 5.41) is 18.7. The molecule has 34 heavy (non-hydrogen) atoms. The summed E-state index contributed by atoms with van der Waals surface area (Å²) >= 11 is 0. The first-order chi connectivity index (χ1) is 16.4. The van der Waals surface area contributed by atoms with Gasteiger partial charge in [0.2, 0.25) is 0 Å². The van der Waals surface area contributed by atoms with Gasteiger partial charge in [0.05, 0.1) is 29.6 Å². The zero-order valence-electron chi connectivity index (χ0n) is 20.0. The van der Waals surface area contributed by atoms with Crippen LogP contribution in [0.15, 0.2) is 48.5 Å². The molecule has 178 valence electrons. The Morgan fingerprint density at radius 3 is 2.12 bits per heavy atom. The molecule has 0 amide bonds. The molecule has 2 aromatic carbocycles. The van der Waals surface area contributed by atoms with Crippen molar-refractivity contribution >= 4 is 11.8 Å². The molecule has 1 unspecified atom stereocenters. The summed E-state index contributed by atoms with van der Waals surface area (Å²) in [6, 6.07) is 16.9.